The Labute approximate surface area is 176 Å². The first-order valence-corrected chi connectivity index (χ1v) is 10.2. The van der Waals surface area contributed by atoms with E-state index in [4.69, 9.17) is 20.6 Å². The first-order chi connectivity index (χ1) is 14.3. The van der Waals surface area contributed by atoms with Crippen molar-refractivity contribution in [2.45, 2.75) is 57.5 Å². The highest BCUT2D eigenvalue weighted by Crippen LogP contribution is 2.39. The number of aliphatic imine (C=N–C) groups is 1. The van der Waals surface area contributed by atoms with E-state index in [1.807, 2.05) is 13.8 Å². The number of carbonyl (C=O) groups is 1. The Morgan fingerprint density at radius 2 is 1.80 bits per heavy atom. The number of aromatic nitrogens is 2. The van der Waals surface area contributed by atoms with Crippen LogP contribution in [0.5, 0.6) is 5.88 Å². The van der Waals surface area contributed by atoms with E-state index in [1.54, 1.807) is 0 Å². The Kier molecular flexibility index (Phi) is 6.66. The third-order valence-corrected chi connectivity index (χ3v) is 5.38. The molecule has 1 fully saturated rings. The number of nitrogens with two attached hydrogens (primary N) is 2. The number of aliphatic hydroxyl groups excluding tert-OH is 1. The first kappa shape index (κ1) is 21.7. The SMILES string of the molecule is CC1(C)Oc2ncnc(N)c2N=C1c1ccc(C2CCCCC2)cc1.NC(=O)CO. The topological polar surface area (TPSA) is 137 Å². The van der Waals surface area contributed by atoms with Crippen LogP contribution in [0.3, 0.4) is 0 Å². The zero-order chi connectivity index (χ0) is 21.7. The van der Waals surface area contributed by atoms with Crippen LogP contribution in [0, 0.1) is 0 Å². The van der Waals surface area contributed by atoms with E-state index in [-0.39, 0.29) is 0 Å². The van der Waals surface area contributed by atoms with Gasteiger partial charge < -0.3 is 21.3 Å². The van der Waals surface area contributed by atoms with Crippen molar-refractivity contribution in [3.63, 3.8) is 0 Å². The number of anilines is 1. The summed E-state index contributed by atoms with van der Waals surface area (Å²) in [6, 6.07) is 8.78. The van der Waals surface area contributed by atoms with E-state index in [0.29, 0.717) is 23.3 Å². The Hall–Kier alpha value is -3.00. The highest BCUT2D eigenvalue weighted by molar-refractivity contribution is 6.09. The molecule has 1 amide bonds. The van der Waals surface area contributed by atoms with Crippen molar-refractivity contribution in [3.05, 3.63) is 41.7 Å². The number of amides is 1. The van der Waals surface area contributed by atoms with Crippen LogP contribution in [0.2, 0.25) is 0 Å². The van der Waals surface area contributed by atoms with Crippen LogP contribution < -0.4 is 16.2 Å². The maximum Gasteiger partial charge on any atom is 0.246 e. The maximum absolute atomic E-state index is 9.34. The smallest absolute Gasteiger partial charge is 0.246 e. The highest BCUT2D eigenvalue weighted by atomic mass is 16.5. The molecule has 0 atom stereocenters. The number of benzene rings is 1. The summed E-state index contributed by atoms with van der Waals surface area (Å²) < 4.78 is 6.05. The van der Waals surface area contributed by atoms with Gasteiger partial charge in [0.2, 0.25) is 11.8 Å². The number of carbonyl (C=O) groups excluding carboxylic acids is 1. The van der Waals surface area contributed by atoms with Crippen LogP contribution in [-0.2, 0) is 4.79 Å². The van der Waals surface area contributed by atoms with E-state index >= 15 is 0 Å². The lowest BCUT2D eigenvalue weighted by molar-refractivity contribution is -0.120. The summed E-state index contributed by atoms with van der Waals surface area (Å²) in [5.74, 6) is 0.798. The van der Waals surface area contributed by atoms with E-state index in [2.05, 4.69) is 40.0 Å². The molecule has 8 heteroatoms. The van der Waals surface area contributed by atoms with Gasteiger partial charge in [-0.1, -0.05) is 43.5 Å². The first-order valence-electron chi connectivity index (χ1n) is 10.2. The van der Waals surface area contributed by atoms with Crippen molar-refractivity contribution in [3.8, 4) is 5.88 Å². The highest BCUT2D eigenvalue weighted by Gasteiger charge is 2.35. The fourth-order valence-corrected chi connectivity index (χ4v) is 3.85. The maximum atomic E-state index is 9.34. The second-order valence-corrected chi connectivity index (χ2v) is 8.07. The molecule has 160 valence electrons. The molecule has 0 spiro atoms. The van der Waals surface area contributed by atoms with Gasteiger partial charge in [-0.25, -0.2) is 9.98 Å². The Morgan fingerprint density at radius 1 is 1.17 bits per heavy atom. The molecule has 2 heterocycles. The number of aliphatic hydroxyl groups is 1. The zero-order valence-electron chi connectivity index (χ0n) is 17.5. The van der Waals surface area contributed by atoms with E-state index in [1.165, 1.54) is 44.0 Å². The zero-order valence-corrected chi connectivity index (χ0v) is 17.5. The van der Waals surface area contributed by atoms with Crippen LogP contribution >= 0.6 is 0 Å². The predicted octanol–water partition coefficient (Wildman–Crippen LogP) is 2.86. The van der Waals surface area contributed by atoms with Crippen molar-refractivity contribution in [1.29, 1.82) is 0 Å². The van der Waals surface area contributed by atoms with Gasteiger partial charge in [-0.3, -0.25) is 4.79 Å². The molecule has 1 aromatic carbocycles. The molecule has 30 heavy (non-hydrogen) atoms. The Balaban J connectivity index is 0.000000461. The number of fused-ring (bicyclic) bond motifs is 1. The molecular weight excluding hydrogens is 382 g/mol. The number of nitrogens with zero attached hydrogens (tertiary/aromatic N) is 3. The van der Waals surface area contributed by atoms with Crippen LogP contribution in [0.4, 0.5) is 11.5 Å². The minimum absolute atomic E-state index is 0.344. The molecule has 0 unspecified atom stereocenters. The summed E-state index contributed by atoms with van der Waals surface area (Å²) in [4.78, 5) is 22.3. The van der Waals surface area contributed by atoms with E-state index < -0.39 is 18.1 Å². The standard InChI is InChI=1S/C20H24N4O.C2H5NO2/c1-20(2)17(24-16-18(21)22-12-23-19(16)25-20)15-10-8-14(9-11-15)13-6-4-3-5-7-13;3-2(5)1-4/h8-13H,3-7H2,1-2H3,(H2,21,22,23);4H,1H2,(H2,3,5). The molecule has 2 aliphatic rings. The van der Waals surface area contributed by atoms with Gasteiger partial charge in [0.05, 0.1) is 5.71 Å². The average Bonchev–Trinajstić information content (AvgIpc) is 2.74. The van der Waals surface area contributed by atoms with Gasteiger partial charge in [0.1, 0.15) is 18.5 Å². The van der Waals surface area contributed by atoms with Crippen molar-refractivity contribution in [1.82, 2.24) is 9.97 Å². The fraction of sp³-hybridized carbons (Fsp3) is 0.455. The second-order valence-electron chi connectivity index (χ2n) is 8.07. The van der Waals surface area contributed by atoms with Crippen LogP contribution in [0.25, 0.3) is 0 Å². The summed E-state index contributed by atoms with van der Waals surface area (Å²) >= 11 is 0. The lowest BCUT2D eigenvalue weighted by atomic mass is 9.83. The van der Waals surface area contributed by atoms with Crippen molar-refractivity contribution in [2.24, 2.45) is 10.7 Å². The third kappa shape index (κ3) is 4.94. The minimum atomic E-state index is -0.690. The Morgan fingerprint density at radius 3 is 2.40 bits per heavy atom. The summed E-state index contributed by atoms with van der Waals surface area (Å²) in [5.41, 5.74) is 13.7. The van der Waals surface area contributed by atoms with E-state index in [0.717, 1.165) is 11.3 Å². The Bertz CT molecular complexity index is 919. The largest absolute Gasteiger partial charge is 0.463 e. The number of rotatable bonds is 3. The molecule has 1 aliphatic carbocycles. The number of nitrogen functional groups attached to an aromatic ring is 1. The predicted molar refractivity (Wildman–Crippen MR) is 116 cm³/mol. The number of primary amides is 1. The molecule has 0 saturated heterocycles. The molecule has 5 N–H and O–H groups in total. The summed E-state index contributed by atoms with van der Waals surface area (Å²) in [5, 5.41) is 7.67. The van der Waals surface area contributed by atoms with Gasteiger partial charge in [0, 0.05) is 5.56 Å². The van der Waals surface area contributed by atoms with Crippen LogP contribution in [-0.4, -0.2) is 38.9 Å². The molecule has 1 aliphatic heterocycles. The third-order valence-electron chi connectivity index (χ3n) is 5.38. The molecule has 1 aromatic heterocycles. The van der Waals surface area contributed by atoms with Gasteiger partial charge >= 0.3 is 0 Å². The van der Waals surface area contributed by atoms with Gasteiger partial charge in [-0.05, 0) is 38.2 Å². The lowest BCUT2D eigenvalue weighted by Crippen LogP contribution is -2.41. The van der Waals surface area contributed by atoms with Crippen molar-refractivity contribution >= 4 is 23.1 Å². The van der Waals surface area contributed by atoms with Crippen molar-refractivity contribution < 1.29 is 14.6 Å². The fourth-order valence-electron chi connectivity index (χ4n) is 3.85. The normalized spacial score (nSPS) is 17.6. The van der Waals surface area contributed by atoms with Crippen molar-refractivity contribution in [2.75, 3.05) is 12.3 Å². The van der Waals surface area contributed by atoms with E-state index in [9.17, 15) is 4.79 Å². The monoisotopic (exact) mass is 411 g/mol. The molecule has 8 nitrogen and oxygen atoms in total. The number of hydrogen-bond donors (Lipinski definition) is 3. The van der Waals surface area contributed by atoms with Gasteiger partial charge in [0.25, 0.3) is 0 Å². The number of hydrogen-bond acceptors (Lipinski definition) is 7. The summed E-state index contributed by atoms with van der Waals surface area (Å²) in [6.45, 7) is 3.45. The van der Waals surface area contributed by atoms with Gasteiger partial charge in [-0.15, -0.1) is 0 Å². The number of ether oxygens (including phenoxy) is 1. The minimum Gasteiger partial charge on any atom is -0.463 e. The second kappa shape index (κ2) is 9.21. The molecule has 2 aromatic rings. The quantitative estimate of drug-likeness (QED) is 0.710. The average molecular weight is 412 g/mol. The molecule has 0 radical (unpaired) electrons. The molecule has 4 rings (SSSR count). The molecule has 0 bridgehead atoms. The van der Waals surface area contributed by atoms with Gasteiger partial charge in [-0.2, -0.15) is 4.98 Å². The molecular formula is C22H29N5O3. The summed E-state index contributed by atoms with van der Waals surface area (Å²) in [6.07, 6.45) is 8.07. The van der Waals surface area contributed by atoms with Crippen LogP contribution in [0.1, 0.15) is 63.0 Å². The van der Waals surface area contributed by atoms with Gasteiger partial charge in [0.15, 0.2) is 11.5 Å². The molecule has 1 saturated carbocycles. The van der Waals surface area contributed by atoms with Crippen LogP contribution in [0.15, 0.2) is 35.6 Å². The lowest BCUT2D eigenvalue weighted by Gasteiger charge is -2.32. The summed E-state index contributed by atoms with van der Waals surface area (Å²) in [7, 11) is 0.